The second-order valence-corrected chi connectivity index (χ2v) is 5.92. The lowest BCUT2D eigenvalue weighted by Gasteiger charge is -2.09. The molecule has 0 unspecified atom stereocenters. The standard InChI is InChI=1S/C22H17N3O2/c1-27-17-12-13-18-19(14-17)23-22(26)25-21(18)24-20(15-8-4-2-5-9-15)16-10-6-3-7-11-16/h2-14H,1H3,(H,23,25,26). The topological polar surface area (TPSA) is 67.6 Å². The summed E-state index contributed by atoms with van der Waals surface area (Å²) in [5.74, 6) is 1.06. The van der Waals surface area contributed by atoms with Crippen molar-refractivity contribution in [3.8, 4) is 11.8 Å². The van der Waals surface area contributed by atoms with E-state index in [2.05, 4.69) is 9.97 Å². The van der Waals surface area contributed by atoms with Crippen LogP contribution in [0.1, 0.15) is 11.1 Å². The number of aromatic hydroxyl groups is 1. The average Bonchev–Trinajstić information content (AvgIpc) is 2.72. The van der Waals surface area contributed by atoms with Gasteiger partial charge in [-0.15, -0.1) is 0 Å². The van der Waals surface area contributed by atoms with E-state index in [4.69, 9.17) is 9.73 Å². The minimum Gasteiger partial charge on any atom is -0.497 e. The molecular formula is C22H17N3O2. The Balaban J connectivity index is 1.95. The molecule has 0 aliphatic rings. The predicted octanol–water partition coefficient (Wildman–Crippen LogP) is 4.51. The van der Waals surface area contributed by atoms with Crippen LogP contribution < -0.4 is 4.74 Å². The predicted molar refractivity (Wildman–Crippen MR) is 106 cm³/mol. The molecule has 5 nitrogen and oxygen atoms in total. The first kappa shape index (κ1) is 16.7. The molecule has 0 atom stereocenters. The van der Waals surface area contributed by atoms with E-state index in [1.165, 1.54) is 0 Å². The van der Waals surface area contributed by atoms with Crippen LogP contribution in [-0.4, -0.2) is 27.9 Å². The summed E-state index contributed by atoms with van der Waals surface area (Å²) in [5, 5.41) is 10.7. The molecule has 0 spiro atoms. The molecule has 1 aromatic heterocycles. The number of nitrogens with zero attached hydrogens (tertiary/aromatic N) is 3. The second kappa shape index (κ2) is 7.25. The van der Waals surface area contributed by atoms with Gasteiger partial charge in [0.1, 0.15) is 5.75 Å². The fourth-order valence-electron chi connectivity index (χ4n) is 2.89. The van der Waals surface area contributed by atoms with Crippen LogP contribution in [0.25, 0.3) is 10.9 Å². The number of ether oxygens (including phenoxy) is 1. The van der Waals surface area contributed by atoms with Crippen LogP contribution in [0.15, 0.2) is 83.9 Å². The van der Waals surface area contributed by atoms with E-state index in [1.807, 2.05) is 72.8 Å². The van der Waals surface area contributed by atoms with Crippen LogP contribution in [-0.2, 0) is 0 Å². The van der Waals surface area contributed by atoms with Crippen LogP contribution in [0, 0.1) is 0 Å². The largest absolute Gasteiger partial charge is 0.497 e. The van der Waals surface area contributed by atoms with Gasteiger partial charge in [0, 0.05) is 22.6 Å². The smallest absolute Gasteiger partial charge is 0.316 e. The summed E-state index contributed by atoms with van der Waals surface area (Å²) < 4.78 is 5.24. The van der Waals surface area contributed by atoms with Crippen molar-refractivity contribution in [3.05, 3.63) is 90.0 Å². The minimum atomic E-state index is -0.324. The summed E-state index contributed by atoms with van der Waals surface area (Å²) in [5.41, 5.74) is 3.26. The van der Waals surface area contributed by atoms with Crippen molar-refractivity contribution >= 4 is 22.4 Å². The molecule has 5 heteroatoms. The first-order chi connectivity index (χ1) is 13.2. The lowest BCUT2D eigenvalue weighted by molar-refractivity contribution is 0.415. The fourth-order valence-corrected chi connectivity index (χ4v) is 2.89. The van der Waals surface area contributed by atoms with Crippen LogP contribution in [0.3, 0.4) is 0 Å². The van der Waals surface area contributed by atoms with E-state index in [0.29, 0.717) is 17.1 Å². The van der Waals surface area contributed by atoms with Gasteiger partial charge in [0.15, 0.2) is 5.82 Å². The molecule has 4 rings (SSSR count). The number of hydrogen-bond acceptors (Lipinski definition) is 5. The van der Waals surface area contributed by atoms with E-state index < -0.39 is 0 Å². The number of benzene rings is 3. The molecule has 132 valence electrons. The molecule has 1 N–H and O–H groups in total. The zero-order valence-corrected chi connectivity index (χ0v) is 14.7. The summed E-state index contributed by atoms with van der Waals surface area (Å²) in [6.07, 6.45) is 0. The van der Waals surface area contributed by atoms with Crippen molar-refractivity contribution in [3.63, 3.8) is 0 Å². The molecule has 0 bridgehead atoms. The van der Waals surface area contributed by atoms with Gasteiger partial charge in [-0.25, -0.2) is 4.99 Å². The van der Waals surface area contributed by atoms with Gasteiger partial charge in [0.2, 0.25) is 0 Å². The van der Waals surface area contributed by atoms with Crippen molar-refractivity contribution < 1.29 is 9.84 Å². The highest BCUT2D eigenvalue weighted by molar-refractivity contribution is 6.14. The van der Waals surface area contributed by atoms with Crippen molar-refractivity contribution in [1.82, 2.24) is 9.97 Å². The molecule has 0 saturated carbocycles. The van der Waals surface area contributed by atoms with Gasteiger partial charge in [0.25, 0.3) is 0 Å². The molecule has 3 aromatic carbocycles. The summed E-state index contributed by atoms with van der Waals surface area (Å²) in [7, 11) is 1.59. The highest BCUT2D eigenvalue weighted by Gasteiger charge is 2.12. The number of aliphatic imine (C=N–C) groups is 1. The van der Waals surface area contributed by atoms with E-state index in [-0.39, 0.29) is 6.01 Å². The molecule has 0 amide bonds. The SMILES string of the molecule is COc1ccc2c(N=C(c3ccccc3)c3ccccc3)nc(O)nc2c1. The lowest BCUT2D eigenvalue weighted by Crippen LogP contribution is -2.03. The first-order valence-corrected chi connectivity index (χ1v) is 8.49. The van der Waals surface area contributed by atoms with Gasteiger partial charge in [-0.3, -0.25) is 0 Å². The molecule has 1 heterocycles. The Bertz CT molecular complexity index is 1070. The second-order valence-electron chi connectivity index (χ2n) is 5.92. The van der Waals surface area contributed by atoms with Crippen molar-refractivity contribution in [1.29, 1.82) is 0 Å². The Kier molecular flexibility index (Phi) is 4.49. The third-order valence-electron chi connectivity index (χ3n) is 4.18. The fraction of sp³-hybridized carbons (Fsp3) is 0.0455. The third-order valence-corrected chi connectivity index (χ3v) is 4.18. The summed E-state index contributed by atoms with van der Waals surface area (Å²) in [6.45, 7) is 0. The lowest BCUT2D eigenvalue weighted by atomic mass is 10.0. The third kappa shape index (κ3) is 3.48. The Morgan fingerprint density at radius 3 is 2.07 bits per heavy atom. The first-order valence-electron chi connectivity index (χ1n) is 8.49. The maximum absolute atomic E-state index is 10.00. The van der Waals surface area contributed by atoms with Crippen LogP contribution in [0.5, 0.6) is 11.8 Å². The molecule has 0 radical (unpaired) electrons. The average molecular weight is 355 g/mol. The normalized spacial score (nSPS) is 10.6. The van der Waals surface area contributed by atoms with E-state index >= 15 is 0 Å². The zero-order valence-electron chi connectivity index (χ0n) is 14.7. The number of fused-ring (bicyclic) bond motifs is 1. The molecule has 0 saturated heterocycles. The van der Waals surface area contributed by atoms with Gasteiger partial charge in [-0.1, -0.05) is 60.7 Å². The van der Waals surface area contributed by atoms with Crippen LogP contribution >= 0.6 is 0 Å². The summed E-state index contributed by atoms with van der Waals surface area (Å²) in [6, 6.07) is 24.9. The summed E-state index contributed by atoms with van der Waals surface area (Å²) >= 11 is 0. The van der Waals surface area contributed by atoms with E-state index in [0.717, 1.165) is 22.2 Å². The van der Waals surface area contributed by atoms with Gasteiger partial charge in [0.05, 0.1) is 18.3 Å². The maximum Gasteiger partial charge on any atom is 0.316 e. The van der Waals surface area contributed by atoms with E-state index in [1.54, 1.807) is 13.2 Å². The van der Waals surface area contributed by atoms with E-state index in [9.17, 15) is 5.11 Å². The quantitative estimate of drug-likeness (QED) is 0.547. The van der Waals surface area contributed by atoms with Gasteiger partial charge in [-0.2, -0.15) is 9.97 Å². The van der Waals surface area contributed by atoms with Gasteiger partial charge in [-0.05, 0) is 12.1 Å². The number of aromatic nitrogens is 2. The highest BCUT2D eigenvalue weighted by Crippen LogP contribution is 2.29. The Morgan fingerprint density at radius 1 is 0.852 bits per heavy atom. The van der Waals surface area contributed by atoms with Gasteiger partial charge >= 0.3 is 6.01 Å². The molecule has 0 aliphatic carbocycles. The molecule has 0 fully saturated rings. The molecule has 4 aromatic rings. The maximum atomic E-state index is 10.00. The monoisotopic (exact) mass is 355 g/mol. The minimum absolute atomic E-state index is 0.324. The number of rotatable bonds is 4. The summed E-state index contributed by atoms with van der Waals surface area (Å²) in [4.78, 5) is 13.1. The molecule has 0 aliphatic heterocycles. The Morgan fingerprint density at radius 2 is 1.48 bits per heavy atom. The molecular weight excluding hydrogens is 338 g/mol. The van der Waals surface area contributed by atoms with Crippen molar-refractivity contribution in [2.24, 2.45) is 4.99 Å². The number of hydrogen-bond donors (Lipinski definition) is 1. The van der Waals surface area contributed by atoms with Crippen molar-refractivity contribution in [2.45, 2.75) is 0 Å². The Labute approximate surface area is 156 Å². The Hall–Kier alpha value is -3.73. The molecule has 27 heavy (non-hydrogen) atoms. The number of methoxy groups -OCH3 is 1. The highest BCUT2D eigenvalue weighted by atomic mass is 16.5. The van der Waals surface area contributed by atoms with Crippen LogP contribution in [0.2, 0.25) is 0 Å². The van der Waals surface area contributed by atoms with Crippen LogP contribution in [0.4, 0.5) is 5.82 Å². The van der Waals surface area contributed by atoms with Crippen molar-refractivity contribution in [2.75, 3.05) is 7.11 Å². The zero-order chi connectivity index (χ0) is 18.6. The van der Waals surface area contributed by atoms with Gasteiger partial charge < -0.3 is 9.84 Å².